The Morgan fingerprint density at radius 3 is 2.26 bits per heavy atom. The first-order valence-corrected chi connectivity index (χ1v) is 14.1. The molecule has 0 aromatic heterocycles. The number of anilines is 1. The van der Waals surface area contributed by atoms with Crippen molar-refractivity contribution in [3.05, 3.63) is 63.6 Å². The number of para-hydroxylation sites is 1. The van der Waals surface area contributed by atoms with Gasteiger partial charge in [-0.3, -0.25) is 13.9 Å². The van der Waals surface area contributed by atoms with Gasteiger partial charge in [0.15, 0.2) is 0 Å². The minimum Gasteiger partial charge on any atom is -0.354 e. The SMILES string of the molecule is CCCNC(=O)C(C)N(Cc1c(Cl)cccc1Cl)C(=O)CCCN(c1ccccc1C)S(C)(=O)=O. The summed E-state index contributed by atoms with van der Waals surface area (Å²) in [7, 11) is -3.55. The van der Waals surface area contributed by atoms with Crippen molar-refractivity contribution in [2.24, 2.45) is 0 Å². The zero-order valence-corrected chi connectivity index (χ0v) is 22.9. The number of aryl methyl sites for hydroxylation is 1. The third-order valence-corrected chi connectivity index (χ3v) is 7.53. The number of hydrogen-bond acceptors (Lipinski definition) is 4. The van der Waals surface area contributed by atoms with Crippen LogP contribution in [0, 0.1) is 6.92 Å². The van der Waals surface area contributed by atoms with Gasteiger partial charge in [-0.2, -0.15) is 0 Å². The van der Waals surface area contributed by atoms with Crippen LogP contribution in [0.4, 0.5) is 5.69 Å². The van der Waals surface area contributed by atoms with E-state index in [0.717, 1.165) is 18.2 Å². The second-order valence-corrected chi connectivity index (χ2v) is 11.1. The highest BCUT2D eigenvalue weighted by atomic mass is 35.5. The maximum absolute atomic E-state index is 13.3. The Morgan fingerprint density at radius 2 is 1.69 bits per heavy atom. The smallest absolute Gasteiger partial charge is 0.242 e. The van der Waals surface area contributed by atoms with E-state index in [9.17, 15) is 18.0 Å². The number of carbonyl (C=O) groups excluding carboxylic acids is 2. The summed E-state index contributed by atoms with van der Waals surface area (Å²) in [5.74, 6) is -0.570. The standard InChI is InChI=1S/C25H33Cl2N3O4S/c1-5-15-28-25(32)19(3)29(17-20-21(26)11-8-12-22(20)27)24(31)14-9-16-30(35(4,33)34)23-13-7-6-10-18(23)2/h6-8,10-13,19H,5,9,14-17H2,1-4H3,(H,28,32). The Balaban J connectivity index is 2.22. The summed E-state index contributed by atoms with van der Waals surface area (Å²) in [5.41, 5.74) is 1.95. The monoisotopic (exact) mass is 541 g/mol. The van der Waals surface area contributed by atoms with Crippen molar-refractivity contribution in [2.75, 3.05) is 23.7 Å². The highest BCUT2D eigenvalue weighted by molar-refractivity contribution is 7.92. The number of rotatable bonds is 12. The molecule has 0 aliphatic carbocycles. The van der Waals surface area contributed by atoms with Gasteiger partial charge in [-0.1, -0.05) is 54.4 Å². The molecular formula is C25H33Cl2N3O4S. The summed E-state index contributed by atoms with van der Waals surface area (Å²) >= 11 is 12.7. The molecule has 0 saturated heterocycles. The van der Waals surface area contributed by atoms with Gasteiger partial charge in [0, 0.05) is 41.7 Å². The van der Waals surface area contributed by atoms with Gasteiger partial charge < -0.3 is 10.2 Å². The normalized spacial score (nSPS) is 12.2. The van der Waals surface area contributed by atoms with Crippen LogP contribution < -0.4 is 9.62 Å². The Morgan fingerprint density at radius 1 is 1.06 bits per heavy atom. The maximum atomic E-state index is 13.3. The van der Waals surface area contributed by atoms with Crippen LogP contribution in [0.25, 0.3) is 0 Å². The van der Waals surface area contributed by atoms with Crippen molar-refractivity contribution < 1.29 is 18.0 Å². The first kappa shape index (κ1) is 28.9. The number of nitrogens with zero attached hydrogens (tertiary/aromatic N) is 2. The molecule has 1 atom stereocenters. The average molecular weight is 543 g/mol. The van der Waals surface area contributed by atoms with E-state index in [0.29, 0.717) is 27.8 Å². The summed E-state index contributed by atoms with van der Waals surface area (Å²) in [6.45, 7) is 6.13. The van der Waals surface area contributed by atoms with Crippen LogP contribution in [-0.2, 0) is 26.2 Å². The number of hydrogen-bond donors (Lipinski definition) is 1. The van der Waals surface area contributed by atoms with Crippen LogP contribution in [-0.4, -0.2) is 50.5 Å². The summed E-state index contributed by atoms with van der Waals surface area (Å²) in [6.07, 6.45) is 2.23. The van der Waals surface area contributed by atoms with Crippen LogP contribution in [0.3, 0.4) is 0 Å². The van der Waals surface area contributed by atoms with Gasteiger partial charge in [0.25, 0.3) is 0 Å². The molecule has 7 nitrogen and oxygen atoms in total. The molecule has 0 fully saturated rings. The van der Waals surface area contributed by atoms with Crippen LogP contribution in [0.2, 0.25) is 10.0 Å². The molecule has 10 heteroatoms. The third kappa shape index (κ3) is 8.12. The Kier molecular flexibility index (Phi) is 10.9. The largest absolute Gasteiger partial charge is 0.354 e. The molecule has 0 spiro atoms. The lowest BCUT2D eigenvalue weighted by Gasteiger charge is -2.30. The molecule has 2 aromatic rings. The van der Waals surface area contributed by atoms with Gasteiger partial charge in [0.2, 0.25) is 21.8 Å². The van der Waals surface area contributed by atoms with Gasteiger partial charge >= 0.3 is 0 Å². The molecule has 1 unspecified atom stereocenters. The van der Waals surface area contributed by atoms with Crippen molar-refractivity contribution >= 4 is 50.7 Å². The topological polar surface area (TPSA) is 86.8 Å². The highest BCUT2D eigenvalue weighted by Crippen LogP contribution is 2.27. The molecule has 35 heavy (non-hydrogen) atoms. The van der Waals surface area contributed by atoms with Gasteiger partial charge in [0.1, 0.15) is 6.04 Å². The fourth-order valence-electron chi connectivity index (χ4n) is 3.66. The molecule has 0 aliphatic rings. The number of carbonyl (C=O) groups is 2. The van der Waals surface area contributed by atoms with Gasteiger partial charge in [0.05, 0.1) is 11.9 Å². The second kappa shape index (κ2) is 13.1. The number of benzene rings is 2. The summed E-state index contributed by atoms with van der Waals surface area (Å²) in [4.78, 5) is 27.4. The predicted octanol–water partition coefficient (Wildman–Crippen LogP) is 4.79. The lowest BCUT2D eigenvalue weighted by molar-refractivity contribution is -0.140. The molecule has 0 heterocycles. The van der Waals surface area contributed by atoms with Crippen molar-refractivity contribution in [2.45, 2.75) is 52.6 Å². The molecule has 1 N–H and O–H groups in total. The molecule has 2 rings (SSSR count). The molecular weight excluding hydrogens is 509 g/mol. The summed E-state index contributed by atoms with van der Waals surface area (Å²) < 4.78 is 26.2. The minimum atomic E-state index is -3.55. The van der Waals surface area contributed by atoms with E-state index in [1.165, 1.54) is 9.21 Å². The van der Waals surface area contributed by atoms with Gasteiger partial charge in [-0.05, 0) is 50.5 Å². The maximum Gasteiger partial charge on any atom is 0.242 e. The summed E-state index contributed by atoms with van der Waals surface area (Å²) in [5, 5.41) is 3.62. The van der Waals surface area contributed by atoms with E-state index in [-0.39, 0.29) is 37.7 Å². The minimum absolute atomic E-state index is 0.0470. The number of halogens is 2. The van der Waals surface area contributed by atoms with Crippen LogP contribution in [0.1, 0.15) is 44.2 Å². The van der Waals surface area contributed by atoms with E-state index in [1.807, 2.05) is 26.0 Å². The van der Waals surface area contributed by atoms with Crippen molar-refractivity contribution in [1.29, 1.82) is 0 Å². The van der Waals surface area contributed by atoms with Crippen molar-refractivity contribution in [3.63, 3.8) is 0 Å². The predicted molar refractivity (Wildman–Crippen MR) is 142 cm³/mol. The highest BCUT2D eigenvalue weighted by Gasteiger charge is 2.28. The quantitative estimate of drug-likeness (QED) is 0.418. The number of amides is 2. The molecule has 0 aliphatic heterocycles. The van der Waals surface area contributed by atoms with E-state index in [4.69, 9.17) is 23.2 Å². The zero-order valence-electron chi connectivity index (χ0n) is 20.6. The molecule has 0 bridgehead atoms. The van der Waals surface area contributed by atoms with Crippen LogP contribution in [0.15, 0.2) is 42.5 Å². The van der Waals surface area contributed by atoms with Gasteiger partial charge in [-0.15, -0.1) is 0 Å². The van der Waals surface area contributed by atoms with E-state index in [1.54, 1.807) is 37.3 Å². The first-order chi connectivity index (χ1) is 16.5. The zero-order chi connectivity index (χ0) is 26.2. The molecule has 2 amide bonds. The van der Waals surface area contributed by atoms with Crippen molar-refractivity contribution in [1.82, 2.24) is 10.2 Å². The molecule has 2 aromatic carbocycles. The fourth-order valence-corrected chi connectivity index (χ4v) is 5.20. The lowest BCUT2D eigenvalue weighted by Crippen LogP contribution is -2.48. The van der Waals surface area contributed by atoms with Crippen LogP contribution in [0.5, 0.6) is 0 Å². The third-order valence-electron chi connectivity index (χ3n) is 5.64. The second-order valence-electron chi connectivity index (χ2n) is 8.41. The molecule has 0 radical (unpaired) electrons. The fraction of sp³-hybridized carbons (Fsp3) is 0.440. The number of sulfonamides is 1. The molecule has 0 saturated carbocycles. The van der Waals surface area contributed by atoms with Crippen molar-refractivity contribution in [3.8, 4) is 0 Å². The Bertz CT molecular complexity index is 1120. The first-order valence-electron chi connectivity index (χ1n) is 11.5. The van der Waals surface area contributed by atoms with E-state index in [2.05, 4.69) is 5.32 Å². The average Bonchev–Trinajstić information content (AvgIpc) is 2.79. The van der Waals surface area contributed by atoms with E-state index < -0.39 is 16.1 Å². The summed E-state index contributed by atoms with van der Waals surface area (Å²) in [6, 6.07) is 11.5. The Hall–Kier alpha value is -2.29. The molecule has 192 valence electrons. The number of nitrogens with one attached hydrogen (secondary N) is 1. The lowest BCUT2D eigenvalue weighted by atomic mass is 10.1. The van der Waals surface area contributed by atoms with Crippen LogP contribution >= 0.6 is 23.2 Å². The van der Waals surface area contributed by atoms with Gasteiger partial charge in [-0.25, -0.2) is 8.42 Å². The Labute approximate surface area is 218 Å². The van der Waals surface area contributed by atoms with E-state index >= 15 is 0 Å².